The van der Waals surface area contributed by atoms with Gasteiger partial charge >= 0.3 is 0 Å². The number of ether oxygens (including phenoxy) is 3. The monoisotopic (exact) mass is 703 g/mol. The van der Waals surface area contributed by atoms with Gasteiger partial charge in [0.1, 0.15) is 6.10 Å². The van der Waals surface area contributed by atoms with Gasteiger partial charge in [-0.3, -0.25) is 9.59 Å². The van der Waals surface area contributed by atoms with E-state index in [9.17, 15) is 28.2 Å². The highest BCUT2D eigenvalue weighted by Crippen LogP contribution is 2.38. The molecule has 4 N–H and O–H groups in total. The molecule has 2 aromatic carbocycles. The predicted octanol–water partition coefficient (Wildman–Crippen LogP) is 2.11. The van der Waals surface area contributed by atoms with Crippen molar-refractivity contribution in [1.29, 1.82) is 0 Å². The Hall–Kier alpha value is -2.17. The zero-order valence-corrected chi connectivity index (χ0v) is 28.4. The molecule has 0 bridgehead atoms. The number of likely N-dealkylation sites (N-methyl/N-ethyl adjacent to an activating group) is 1. The van der Waals surface area contributed by atoms with Gasteiger partial charge in [0.2, 0.25) is 10.0 Å². The summed E-state index contributed by atoms with van der Waals surface area (Å²) in [6, 6.07) is 10.5. The Morgan fingerprint density at radius 3 is 2.30 bits per heavy atom. The van der Waals surface area contributed by atoms with Gasteiger partial charge in [-0.25, -0.2) is 13.1 Å². The first-order valence-electron chi connectivity index (χ1n) is 15.1. The molecular formula is C31H43Cl2N3O9S. The van der Waals surface area contributed by atoms with Crippen molar-refractivity contribution in [1.82, 2.24) is 14.9 Å². The van der Waals surface area contributed by atoms with Gasteiger partial charge in [0.25, 0.3) is 5.91 Å². The topological polar surface area (TPSA) is 164 Å². The number of halogens is 2. The van der Waals surface area contributed by atoms with Gasteiger partial charge in [-0.05, 0) is 54.4 Å². The average Bonchev–Trinajstić information content (AvgIpc) is 3.02. The molecule has 0 radical (unpaired) electrons. The number of Topliss-reactive ketones (excluding diaryl/α,β-unsaturated/α-hetero) is 1. The Morgan fingerprint density at radius 2 is 1.63 bits per heavy atom. The number of rotatable bonds is 20. The fourth-order valence-corrected chi connectivity index (χ4v) is 6.60. The lowest BCUT2D eigenvalue weighted by Gasteiger charge is -2.33. The molecule has 256 valence electrons. The van der Waals surface area contributed by atoms with Crippen LogP contribution in [0.4, 0.5) is 0 Å². The second kappa shape index (κ2) is 19.0. The Labute approximate surface area is 280 Å². The maximum atomic E-state index is 13.0. The molecule has 46 heavy (non-hydrogen) atoms. The summed E-state index contributed by atoms with van der Waals surface area (Å²) in [5, 5.41) is 23.0. The molecule has 0 aromatic heterocycles. The van der Waals surface area contributed by atoms with Crippen LogP contribution in [-0.2, 0) is 40.4 Å². The highest BCUT2D eigenvalue weighted by atomic mass is 35.5. The second-order valence-corrected chi connectivity index (χ2v) is 13.5. The summed E-state index contributed by atoms with van der Waals surface area (Å²) >= 11 is 12.8. The summed E-state index contributed by atoms with van der Waals surface area (Å²) in [5.74, 6) is -1.52. The van der Waals surface area contributed by atoms with E-state index in [0.29, 0.717) is 29.6 Å². The highest BCUT2D eigenvalue weighted by molar-refractivity contribution is 7.89. The number of aliphatic hydroxyl groups is 2. The van der Waals surface area contributed by atoms with E-state index in [4.69, 9.17) is 37.4 Å². The van der Waals surface area contributed by atoms with Gasteiger partial charge in [0.05, 0.1) is 44.5 Å². The standard InChI is InChI=1S/C31H43Cl2N3O9S/c1-3-5-28(37)29(38)30(39)31(40)34-8-10-43-12-14-45-15-13-44-11-9-35-46(41,42)23-7-4-6-21(16-23)25-19-36(2)20-26-24(25)17-22(32)18-27(26)33/h4,6-7,16-18,25,29-30,35,38-39H,3,5,8-15,19-20H2,1-2H3,(H,34,40)/t25?,29-,30-/m0/s1. The molecule has 0 saturated carbocycles. The smallest absolute Gasteiger partial charge is 0.252 e. The van der Waals surface area contributed by atoms with Crippen LogP contribution >= 0.6 is 23.2 Å². The third kappa shape index (κ3) is 11.5. The maximum absolute atomic E-state index is 13.0. The first-order valence-corrected chi connectivity index (χ1v) is 17.3. The Kier molecular flexibility index (Phi) is 15.8. The number of amides is 1. The fraction of sp³-hybridized carbons (Fsp3) is 0.548. The fourth-order valence-electron chi connectivity index (χ4n) is 4.97. The molecule has 1 aliphatic rings. The molecular weight excluding hydrogens is 661 g/mol. The summed E-state index contributed by atoms with van der Waals surface area (Å²) in [6.07, 6.45) is -2.98. The van der Waals surface area contributed by atoms with E-state index in [1.54, 1.807) is 31.2 Å². The third-order valence-electron chi connectivity index (χ3n) is 7.29. The minimum absolute atomic E-state index is 0.0798. The number of ketones is 1. The lowest BCUT2D eigenvalue weighted by atomic mass is 9.85. The zero-order valence-electron chi connectivity index (χ0n) is 26.0. The Bertz CT molecular complexity index is 1410. The third-order valence-corrected chi connectivity index (χ3v) is 9.30. The number of hydrogen-bond donors (Lipinski definition) is 4. The first-order chi connectivity index (χ1) is 21.9. The zero-order chi connectivity index (χ0) is 33.7. The SMILES string of the molecule is CCCC(=O)[C@H](O)[C@H](O)C(=O)NCCOCCOCCOCCNS(=O)(=O)c1cccc(C2CN(C)Cc3c(Cl)cc(Cl)cc32)c1. The molecule has 1 heterocycles. The van der Waals surface area contributed by atoms with E-state index in [1.165, 1.54) is 0 Å². The van der Waals surface area contributed by atoms with Crippen LogP contribution in [0.1, 0.15) is 42.4 Å². The van der Waals surface area contributed by atoms with Gasteiger partial charge in [-0.15, -0.1) is 0 Å². The van der Waals surface area contributed by atoms with Crippen LogP contribution in [0.2, 0.25) is 10.0 Å². The molecule has 0 fully saturated rings. The summed E-state index contributed by atoms with van der Waals surface area (Å²) in [6.45, 7) is 4.65. The van der Waals surface area contributed by atoms with Crippen molar-refractivity contribution in [2.24, 2.45) is 0 Å². The molecule has 1 unspecified atom stereocenters. The Morgan fingerprint density at radius 1 is 0.978 bits per heavy atom. The van der Waals surface area contributed by atoms with E-state index < -0.39 is 33.9 Å². The van der Waals surface area contributed by atoms with Gasteiger partial charge < -0.3 is 34.6 Å². The molecule has 1 aliphatic heterocycles. The Balaban J connectivity index is 1.30. The second-order valence-electron chi connectivity index (χ2n) is 10.9. The number of carbonyl (C=O) groups is 2. The largest absolute Gasteiger partial charge is 0.382 e. The molecule has 3 rings (SSSR count). The van der Waals surface area contributed by atoms with Crippen molar-refractivity contribution in [3.8, 4) is 0 Å². The minimum atomic E-state index is -3.77. The van der Waals surface area contributed by atoms with Crippen molar-refractivity contribution in [3.05, 3.63) is 63.1 Å². The minimum Gasteiger partial charge on any atom is -0.382 e. The molecule has 0 aliphatic carbocycles. The first kappa shape index (κ1) is 38.3. The molecule has 2 aromatic rings. The number of fused-ring (bicyclic) bond motifs is 1. The molecule has 12 nitrogen and oxygen atoms in total. The van der Waals surface area contributed by atoms with Crippen molar-refractivity contribution in [2.45, 2.75) is 49.3 Å². The lowest BCUT2D eigenvalue weighted by molar-refractivity contribution is -0.145. The normalized spacial score (nSPS) is 16.5. The number of aliphatic hydroxyl groups excluding tert-OH is 2. The number of benzene rings is 2. The van der Waals surface area contributed by atoms with Crippen LogP contribution in [-0.4, -0.2) is 114 Å². The number of nitrogens with one attached hydrogen (secondary N) is 2. The van der Waals surface area contributed by atoms with Gasteiger partial charge in [0, 0.05) is 48.6 Å². The van der Waals surface area contributed by atoms with Crippen LogP contribution in [0.15, 0.2) is 41.3 Å². The lowest BCUT2D eigenvalue weighted by Crippen LogP contribution is -2.46. The van der Waals surface area contributed by atoms with E-state index in [1.807, 2.05) is 19.2 Å². The van der Waals surface area contributed by atoms with Gasteiger partial charge in [0.15, 0.2) is 11.9 Å². The van der Waals surface area contributed by atoms with E-state index in [-0.39, 0.29) is 70.0 Å². The summed E-state index contributed by atoms with van der Waals surface area (Å²) in [5.41, 5.74) is 2.84. The average molecular weight is 705 g/mol. The van der Waals surface area contributed by atoms with Crippen molar-refractivity contribution in [2.75, 3.05) is 66.3 Å². The van der Waals surface area contributed by atoms with Crippen molar-refractivity contribution >= 4 is 44.9 Å². The van der Waals surface area contributed by atoms with Gasteiger partial charge in [-0.1, -0.05) is 42.3 Å². The van der Waals surface area contributed by atoms with Crippen molar-refractivity contribution < 1.29 is 42.4 Å². The van der Waals surface area contributed by atoms with Crippen LogP contribution < -0.4 is 10.0 Å². The van der Waals surface area contributed by atoms with Crippen LogP contribution in [0.25, 0.3) is 0 Å². The quantitative estimate of drug-likeness (QED) is 0.150. The summed E-state index contributed by atoms with van der Waals surface area (Å²) in [7, 11) is -1.78. The van der Waals surface area contributed by atoms with Crippen LogP contribution in [0.5, 0.6) is 0 Å². The molecule has 0 spiro atoms. The van der Waals surface area contributed by atoms with E-state index in [2.05, 4.69) is 14.9 Å². The summed E-state index contributed by atoms with van der Waals surface area (Å²) in [4.78, 5) is 25.7. The number of carbonyl (C=O) groups excluding carboxylic acids is 2. The predicted molar refractivity (Wildman–Crippen MR) is 174 cm³/mol. The van der Waals surface area contributed by atoms with Gasteiger partial charge in [-0.2, -0.15) is 0 Å². The van der Waals surface area contributed by atoms with E-state index in [0.717, 1.165) is 16.7 Å². The van der Waals surface area contributed by atoms with Crippen molar-refractivity contribution in [3.63, 3.8) is 0 Å². The van der Waals surface area contributed by atoms with Crippen LogP contribution in [0.3, 0.4) is 0 Å². The molecule has 15 heteroatoms. The number of nitrogens with zero attached hydrogens (tertiary/aromatic N) is 1. The molecule has 3 atom stereocenters. The number of sulfonamides is 1. The molecule has 0 saturated heterocycles. The molecule has 1 amide bonds. The maximum Gasteiger partial charge on any atom is 0.252 e. The van der Waals surface area contributed by atoms with Crippen LogP contribution in [0, 0.1) is 0 Å². The van der Waals surface area contributed by atoms with E-state index >= 15 is 0 Å². The number of hydrogen-bond acceptors (Lipinski definition) is 10. The highest BCUT2D eigenvalue weighted by Gasteiger charge is 2.30. The summed E-state index contributed by atoms with van der Waals surface area (Å²) < 4.78 is 44.8.